The molecule has 9 heteroatoms. The molecule has 156 valence electrons. The smallest absolute Gasteiger partial charge is 0.417 e. The van der Waals surface area contributed by atoms with Crippen molar-refractivity contribution in [2.75, 3.05) is 6.54 Å². The van der Waals surface area contributed by atoms with Crippen LogP contribution in [-0.4, -0.2) is 33.3 Å². The minimum Gasteiger partial charge on any atom is -0.487 e. The zero-order valence-electron chi connectivity index (χ0n) is 15.9. The summed E-state index contributed by atoms with van der Waals surface area (Å²) >= 11 is 0. The highest BCUT2D eigenvalue weighted by Crippen LogP contribution is 2.43. The number of aromatic nitrogens is 3. The van der Waals surface area contributed by atoms with Gasteiger partial charge in [-0.05, 0) is 17.2 Å². The number of amides is 1. The maximum atomic E-state index is 13.4. The standard InChI is InChI=1S/C21H19F3N4O2/c22-21(23,24)18-7-2-1-5-16(18)17-6-3-4-14-10-15(30-20(14)17)11-26-19(29)8-9-28-13-25-12-27-28/h1-7,12-13,15H,8-11H2,(H,26,29). The number of fused-ring (bicyclic) bond motifs is 1. The molecule has 1 amide bonds. The Morgan fingerprint density at radius 1 is 1.17 bits per heavy atom. The van der Waals surface area contributed by atoms with Crippen LogP contribution in [0, 0.1) is 0 Å². The molecule has 2 aromatic carbocycles. The van der Waals surface area contributed by atoms with E-state index in [0.29, 0.717) is 24.3 Å². The first-order valence-electron chi connectivity index (χ1n) is 9.46. The molecule has 0 aliphatic carbocycles. The third-order valence-corrected chi connectivity index (χ3v) is 4.91. The van der Waals surface area contributed by atoms with Crippen molar-refractivity contribution >= 4 is 5.91 Å². The van der Waals surface area contributed by atoms with Crippen LogP contribution >= 0.6 is 0 Å². The third kappa shape index (κ3) is 4.29. The average molecular weight is 416 g/mol. The van der Waals surface area contributed by atoms with E-state index in [0.717, 1.165) is 11.6 Å². The van der Waals surface area contributed by atoms with E-state index in [4.69, 9.17) is 4.74 Å². The number of nitrogens with one attached hydrogen (secondary N) is 1. The number of halogens is 3. The molecule has 2 heterocycles. The summed E-state index contributed by atoms with van der Waals surface area (Å²) < 4.78 is 47.9. The van der Waals surface area contributed by atoms with Crippen LogP contribution < -0.4 is 10.1 Å². The van der Waals surface area contributed by atoms with Gasteiger partial charge in [-0.1, -0.05) is 36.4 Å². The number of benzene rings is 2. The van der Waals surface area contributed by atoms with Gasteiger partial charge in [0, 0.05) is 18.4 Å². The maximum Gasteiger partial charge on any atom is 0.417 e. The highest BCUT2D eigenvalue weighted by atomic mass is 19.4. The molecular formula is C21H19F3N4O2. The van der Waals surface area contributed by atoms with Crippen molar-refractivity contribution < 1.29 is 22.7 Å². The Balaban J connectivity index is 1.44. The molecule has 0 spiro atoms. The van der Waals surface area contributed by atoms with Crippen molar-refractivity contribution in [3.63, 3.8) is 0 Å². The van der Waals surface area contributed by atoms with E-state index in [9.17, 15) is 18.0 Å². The third-order valence-electron chi connectivity index (χ3n) is 4.91. The van der Waals surface area contributed by atoms with E-state index in [1.807, 2.05) is 6.07 Å². The molecule has 1 N–H and O–H groups in total. The van der Waals surface area contributed by atoms with Crippen LogP contribution in [0.4, 0.5) is 13.2 Å². The quantitative estimate of drug-likeness (QED) is 0.668. The van der Waals surface area contributed by atoms with Gasteiger partial charge in [0.25, 0.3) is 0 Å². The Hall–Kier alpha value is -3.36. The van der Waals surface area contributed by atoms with Crippen LogP contribution in [0.15, 0.2) is 55.1 Å². The topological polar surface area (TPSA) is 69.0 Å². The summed E-state index contributed by atoms with van der Waals surface area (Å²) in [5.41, 5.74) is 0.609. The van der Waals surface area contributed by atoms with E-state index in [2.05, 4.69) is 15.4 Å². The summed E-state index contributed by atoms with van der Waals surface area (Å²) in [6.45, 7) is 0.682. The number of para-hydroxylation sites is 1. The number of aryl methyl sites for hydroxylation is 1. The van der Waals surface area contributed by atoms with E-state index >= 15 is 0 Å². The molecule has 1 atom stereocenters. The maximum absolute atomic E-state index is 13.4. The van der Waals surface area contributed by atoms with Crippen LogP contribution in [0.2, 0.25) is 0 Å². The van der Waals surface area contributed by atoms with Crippen molar-refractivity contribution in [3.8, 4) is 16.9 Å². The van der Waals surface area contributed by atoms with Crippen LogP contribution in [0.1, 0.15) is 17.5 Å². The lowest BCUT2D eigenvalue weighted by Gasteiger charge is -2.16. The largest absolute Gasteiger partial charge is 0.487 e. The molecule has 0 radical (unpaired) electrons. The summed E-state index contributed by atoms with van der Waals surface area (Å²) in [4.78, 5) is 15.9. The lowest BCUT2D eigenvalue weighted by molar-refractivity contribution is -0.137. The zero-order chi connectivity index (χ0) is 21.1. The zero-order valence-corrected chi connectivity index (χ0v) is 15.9. The summed E-state index contributed by atoms with van der Waals surface area (Å²) in [6, 6.07) is 10.6. The molecule has 1 aromatic heterocycles. The summed E-state index contributed by atoms with van der Waals surface area (Å²) in [5, 5.41) is 6.75. The van der Waals surface area contributed by atoms with Gasteiger partial charge < -0.3 is 10.1 Å². The van der Waals surface area contributed by atoms with Gasteiger partial charge in [-0.15, -0.1) is 0 Å². The van der Waals surface area contributed by atoms with Crippen molar-refractivity contribution in [3.05, 3.63) is 66.2 Å². The second kappa shape index (κ2) is 8.17. The SMILES string of the molecule is O=C(CCn1cncn1)NCC1Cc2cccc(-c3ccccc3C(F)(F)F)c2O1. The van der Waals surface area contributed by atoms with Crippen molar-refractivity contribution in [2.24, 2.45) is 0 Å². The summed E-state index contributed by atoms with van der Waals surface area (Å²) in [5.74, 6) is 0.281. The Bertz CT molecular complexity index is 1030. The Morgan fingerprint density at radius 3 is 2.73 bits per heavy atom. The Labute approximate surface area is 170 Å². The highest BCUT2D eigenvalue weighted by molar-refractivity contribution is 5.77. The molecule has 30 heavy (non-hydrogen) atoms. The number of carbonyl (C=O) groups is 1. The molecule has 0 fully saturated rings. The van der Waals surface area contributed by atoms with Gasteiger partial charge in [0.1, 0.15) is 24.5 Å². The van der Waals surface area contributed by atoms with Crippen molar-refractivity contribution in [2.45, 2.75) is 31.7 Å². The van der Waals surface area contributed by atoms with E-state index in [-0.39, 0.29) is 30.5 Å². The predicted molar refractivity (Wildman–Crippen MR) is 103 cm³/mol. The number of carbonyl (C=O) groups excluding carboxylic acids is 1. The normalized spacial score (nSPS) is 15.5. The van der Waals surface area contributed by atoms with Gasteiger partial charge in [0.05, 0.1) is 18.7 Å². The van der Waals surface area contributed by atoms with Crippen molar-refractivity contribution in [1.29, 1.82) is 0 Å². The average Bonchev–Trinajstić information content (AvgIpc) is 3.39. The minimum absolute atomic E-state index is 0.0827. The fourth-order valence-corrected chi connectivity index (χ4v) is 3.51. The van der Waals surface area contributed by atoms with Gasteiger partial charge in [-0.2, -0.15) is 18.3 Å². The number of ether oxygens (including phenoxy) is 1. The number of alkyl halides is 3. The monoisotopic (exact) mass is 416 g/mol. The predicted octanol–water partition coefficient (Wildman–Crippen LogP) is 3.47. The first-order valence-corrected chi connectivity index (χ1v) is 9.46. The van der Waals surface area contributed by atoms with Gasteiger partial charge in [0.15, 0.2) is 0 Å². The highest BCUT2D eigenvalue weighted by Gasteiger charge is 2.35. The van der Waals surface area contributed by atoms with E-state index in [1.54, 1.807) is 22.9 Å². The lowest BCUT2D eigenvalue weighted by atomic mass is 9.96. The van der Waals surface area contributed by atoms with E-state index < -0.39 is 11.7 Å². The molecule has 3 aromatic rings. The van der Waals surface area contributed by atoms with Crippen LogP contribution in [0.5, 0.6) is 5.75 Å². The Kier molecular flexibility index (Phi) is 5.43. The van der Waals surface area contributed by atoms with Crippen LogP contribution in [0.3, 0.4) is 0 Å². The van der Waals surface area contributed by atoms with Crippen molar-refractivity contribution in [1.82, 2.24) is 20.1 Å². The number of rotatable bonds is 6. The van der Waals surface area contributed by atoms with Gasteiger partial charge in [-0.3, -0.25) is 9.48 Å². The van der Waals surface area contributed by atoms with Crippen LogP contribution in [-0.2, 0) is 23.9 Å². The molecule has 6 nitrogen and oxygen atoms in total. The second-order valence-electron chi connectivity index (χ2n) is 6.99. The molecule has 1 unspecified atom stereocenters. The Morgan fingerprint density at radius 2 is 1.97 bits per heavy atom. The fourth-order valence-electron chi connectivity index (χ4n) is 3.51. The summed E-state index contributed by atoms with van der Waals surface area (Å²) in [6.07, 6.45) is -1.11. The van der Waals surface area contributed by atoms with Crippen LogP contribution in [0.25, 0.3) is 11.1 Å². The first kappa shape index (κ1) is 19.9. The number of nitrogens with zero attached hydrogens (tertiary/aromatic N) is 3. The molecule has 0 saturated carbocycles. The molecule has 1 aliphatic heterocycles. The molecule has 0 saturated heterocycles. The summed E-state index contributed by atoms with van der Waals surface area (Å²) in [7, 11) is 0. The lowest BCUT2D eigenvalue weighted by Crippen LogP contribution is -2.34. The molecular weight excluding hydrogens is 397 g/mol. The molecule has 0 bridgehead atoms. The minimum atomic E-state index is -4.46. The molecule has 4 rings (SSSR count). The van der Waals surface area contributed by atoms with Gasteiger partial charge in [0.2, 0.25) is 5.91 Å². The fraction of sp³-hybridized carbons (Fsp3) is 0.286. The second-order valence-corrected chi connectivity index (χ2v) is 6.99. The van der Waals surface area contributed by atoms with E-state index in [1.165, 1.54) is 24.8 Å². The van der Waals surface area contributed by atoms with Gasteiger partial charge >= 0.3 is 6.18 Å². The first-order chi connectivity index (χ1) is 14.4. The van der Waals surface area contributed by atoms with Gasteiger partial charge in [-0.25, -0.2) is 4.98 Å². The number of hydrogen-bond acceptors (Lipinski definition) is 4. The molecule has 1 aliphatic rings. The number of hydrogen-bond donors (Lipinski definition) is 1.